The second-order valence-corrected chi connectivity index (χ2v) is 6.52. The summed E-state index contributed by atoms with van der Waals surface area (Å²) in [5.74, 6) is 1.41. The Hall–Kier alpha value is -2.15. The number of methoxy groups -OCH3 is 2. The molecule has 2 aromatic rings. The lowest BCUT2D eigenvalue weighted by Gasteiger charge is -2.35. The third-order valence-electron chi connectivity index (χ3n) is 4.80. The van der Waals surface area contributed by atoms with Crippen LogP contribution in [0.2, 0.25) is 0 Å². The quantitative estimate of drug-likeness (QED) is 0.817. The van der Waals surface area contributed by atoms with E-state index >= 15 is 0 Å². The van der Waals surface area contributed by atoms with Gasteiger partial charge in [-0.15, -0.1) is 0 Å². The lowest BCUT2D eigenvalue weighted by molar-refractivity contribution is 0.0684. The summed E-state index contributed by atoms with van der Waals surface area (Å²) in [6, 6.07) is 11.5. The Morgan fingerprint density at radius 2 is 1.81 bits per heavy atom. The van der Waals surface area contributed by atoms with Gasteiger partial charge in [-0.1, -0.05) is 6.07 Å². The van der Waals surface area contributed by atoms with E-state index in [-0.39, 0.29) is 0 Å². The number of rotatable bonds is 7. The molecule has 1 aliphatic heterocycles. The molecular formula is C20H27N3O3. The van der Waals surface area contributed by atoms with Crippen LogP contribution >= 0.6 is 0 Å². The highest BCUT2D eigenvalue weighted by molar-refractivity contribution is 5.41. The molecule has 6 nitrogen and oxygen atoms in total. The molecule has 1 atom stereocenters. The predicted molar refractivity (Wildman–Crippen MR) is 100 cm³/mol. The van der Waals surface area contributed by atoms with E-state index in [0.29, 0.717) is 12.3 Å². The van der Waals surface area contributed by atoms with Gasteiger partial charge in [-0.3, -0.25) is 14.8 Å². The third kappa shape index (κ3) is 4.72. The van der Waals surface area contributed by atoms with Gasteiger partial charge in [0.15, 0.2) is 0 Å². The molecule has 3 rings (SSSR count). The zero-order valence-corrected chi connectivity index (χ0v) is 15.5. The number of hydrogen-bond acceptors (Lipinski definition) is 6. The van der Waals surface area contributed by atoms with E-state index in [2.05, 4.69) is 20.9 Å². The van der Waals surface area contributed by atoms with E-state index in [9.17, 15) is 5.11 Å². The minimum absolute atomic E-state index is 0.584. The SMILES string of the molecule is COc1ccc(OC)c([C@H](O)CN2CCN(Cc3ccccn3)CC2)c1. The topological polar surface area (TPSA) is 58.1 Å². The largest absolute Gasteiger partial charge is 0.497 e. The van der Waals surface area contributed by atoms with Crippen LogP contribution < -0.4 is 9.47 Å². The molecule has 1 saturated heterocycles. The van der Waals surface area contributed by atoms with E-state index in [1.54, 1.807) is 14.2 Å². The van der Waals surface area contributed by atoms with Crippen molar-refractivity contribution in [2.75, 3.05) is 46.9 Å². The van der Waals surface area contributed by atoms with Crippen molar-refractivity contribution in [3.8, 4) is 11.5 Å². The van der Waals surface area contributed by atoms with Crippen LogP contribution in [0.1, 0.15) is 17.4 Å². The van der Waals surface area contributed by atoms with Crippen molar-refractivity contribution in [3.05, 3.63) is 53.9 Å². The number of benzene rings is 1. The highest BCUT2D eigenvalue weighted by atomic mass is 16.5. The van der Waals surface area contributed by atoms with Crippen molar-refractivity contribution >= 4 is 0 Å². The fourth-order valence-corrected chi connectivity index (χ4v) is 3.29. The first-order valence-electron chi connectivity index (χ1n) is 8.94. The summed E-state index contributed by atoms with van der Waals surface area (Å²) in [7, 11) is 3.24. The van der Waals surface area contributed by atoms with Crippen molar-refractivity contribution in [2.45, 2.75) is 12.6 Å². The van der Waals surface area contributed by atoms with Crippen molar-refractivity contribution in [3.63, 3.8) is 0 Å². The summed E-state index contributed by atoms with van der Waals surface area (Å²) in [5, 5.41) is 10.7. The number of ether oxygens (including phenoxy) is 2. The summed E-state index contributed by atoms with van der Waals surface area (Å²) in [4.78, 5) is 9.08. The van der Waals surface area contributed by atoms with Gasteiger partial charge in [0.25, 0.3) is 0 Å². The van der Waals surface area contributed by atoms with E-state index in [1.807, 2.05) is 36.5 Å². The minimum Gasteiger partial charge on any atom is -0.497 e. The number of aliphatic hydroxyl groups excluding tert-OH is 1. The fourth-order valence-electron chi connectivity index (χ4n) is 3.29. The molecule has 2 heterocycles. The number of β-amino-alcohol motifs (C(OH)–C–C–N with tert-alkyl or cyclic N) is 1. The highest BCUT2D eigenvalue weighted by Crippen LogP contribution is 2.30. The second-order valence-electron chi connectivity index (χ2n) is 6.52. The van der Waals surface area contributed by atoms with Gasteiger partial charge in [-0.25, -0.2) is 0 Å². The number of hydrogen-bond donors (Lipinski definition) is 1. The number of nitrogens with zero attached hydrogens (tertiary/aromatic N) is 3. The van der Waals surface area contributed by atoms with Crippen LogP contribution in [-0.2, 0) is 6.54 Å². The number of pyridine rings is 1. The van der Waals surface area contributed by atoms with Crippen molar-refractivity contribution in [1.29, 1.82) is 0 Å². The van der Waals surface area contributed by atoms with Gasteiger partial charge in [0.05, 0.1) is 26.0 Å². The smallest absolute Gasteiger partial charge is 0.124 e. The first-order valence-corrected chi connectivity index (χ1v) is 8.94. The van der Waals surface area contributed by atoms with Gasteiger partial charge in [-0.2, -0.15) is 0 Å². The van der Waals surface area contributed by atoms with E-state index in [4.69, 9.17) is 9.47 Å². The molecule has 26 heavy (non-hydrogen) atoms. The highest BCUT2D eigenvalue weighted by Gasteiger charge is 2.22. The van der Waals surface area contributed by atoms with Crippen molar-refractivity contribution < 1.29 is 14.6 Å². The first kappa shape index (κ1) is 18.6. The average molecular weight is 357 g/mol. The molecule has 1 N–H and O–H groups in total. The third-order valence-corrected chi connectivity index (χ3v) is 4.80. The Kier molecular flexibility index (Phi) is 6.44. The molecule has 1 aliphatic rings. The first-order chi connectivity index (χ1) is 12.7. The summed E-state index contributed by atoms with van der Waals surface area (Å²) in [5.41, 5.74) is 1.87. The average Bonchev–Trinajstić information content (AvgIpc) is 2.69. The van der Waals surface area contributed by atoms with Gasteiger partial charge < -0.3 is 14.6 Å². The Morgan fingerprint density at radius 3 is 2.46 bits per heavy atom. The van der Waals surface area contributed by atoms with E-state index in [1.165, 1.54) is 0 Å². The standard InChI is InChI=1S/C20H27N3O3/c1-25-17-6-7-20(26-2)18(13-17)19(24)15-23-11-9-22(10-12-23)14-16-5-3-4-8-21-16/h3-8,13,19,24H,9-12,14-15H2,1-2H3/t19-/m1/s1. The second kappa shape index (κ2) is 8.98. The maximum absolute atomic E-state index is 10.7. The normalized spacial score (nSPS) is 17.0. The molecule has 0 saturated carbocycles. The Balaban J connectivity index is 1.54. The lowest BCUT2D eigenvalue weighted by atomic mass is 10.1. The fraction of sp³-hybridized carbons (Fsp3) is 0.450. The molecule has 6 heteroatoms. The zero-order valence-electron chi connectivity index (χ0n) is 15.5. The van der Waals surface area contributed by atoms with Crippen molar-refractivity contribution in [2.24, 2.45) is 0 Å². The van der Waals surface area contributed by atoms with Gasteiger partial charge in [0.2, 0.25) is 0 Å². The number of piperazine rings is 1. The summed E-state index contributed by atoms with van der Waals surface area (Å²) >= 11 is 0. The van der Waals surface area contributed by atoms with Gasteiger partial charge in [-0.05, 0) is 30.3 Å². The molecular weight excluding hydrogens is 330 g/mol. The molecule has 1 fully saturated rings. The molecule has 0 amide bonds. The van der Waals surface area contributed by atoms with E-state index < -0.39 is 6.10 Å². The summed E-state index contributed by atoms with van der Waals surface area (Å²) in [6.07, 6.45) is 1.23. The van der Waals surface area contributed by atoms with Crippen LogP contribution in [0, 0.1) is 0 Å². The molecule has 0 radical (unpaired) electrons. The van der Waals surface area contributed by atoms with Crippen LogP contribution in [-0.4, -0.2) is 66.8 Å². The van der Waals surface area contributed by atoms with Gasteiger partial charge in [0, 0.05) is 51.0 Å². The van der Waals surface area contributed by atoms with Crippen LogP contribution in [0.15, 0.2) is 42.6 Å². The van der Waals surface area contributed by atoms with Gasteiger partial charge in [0.1, 0.15) is 11.5 Å². The Labute approximate surface area is 155 Å². The Morgan fingerprint density at radius 1 is 1.04 bits per heavy atom. The Bertz CT molecular complexity index is 688. The van der Waals surface area contributed by atoms with Gasteiger partial charge >= 0.3 is 0 Å². The molecule has 0 bridgehead atoms. The molecule has 0 spiro atoms. The van der Waals surface area contributed by atoms with E-state index in [0.717, 1.165) is 49.7 Å². The lowest BCUT2D eigenvalue weighted by Crippen LogP contribution is -2.47. The summed E-state index contributed by atoms with van der Waals surface area (Å²) < 4.78 is 10.7. The van der Waals surface area contributed by atoms with Crippen LogP contribution in [0.5, 0.6) is 11.5 Å². The summed E-state index contributed by atoms with van der Waals surface area (Å²) in [6.45, 7) is 5.26. The van der Waals surface area contributed by atoms with Crippen LogP contribution in [0.4, 0.5) is 0 Å². The molecule has 1 aromatic heterocycles. The predicted octanol–water partition coefficient (Wildman–Crippen LogP) is 1.95. The number of aromatic nitrogens is 1. The molecule has 140 valence electrons. The number of aliphatic hydroxyl groups is 1. The van der Waals surface area contributed by atoms with Crippen LogP contribution in [0.25, 0.3) is 0 Å². The zero-order chi connectivity index (χ0) is 18.4. The van der Waals surface area contributed by atoms with Crippen LogP contribution in [0.3, 0.4) is 0 Å². The monoisotopic (exact) mass is 357 g/mol. The molecule has 1 aromatic carbocycles. The molecule has 0 unspecified atom stereocenters. The maximum Gasteiger partial charge on any atom is 0.124 e. The molecule has 0 aliphatic carbocycles. The maximum atomic E-state index is 10.7. The van der Waals surface area contributed by atoms with Crippen molar-refractivity contribution in [1.82, 2.24) is 14.8 Å². The minimum atomic E-state index is -0.609.